The van der Waals surface area contributed by atoms with E-state index in [1.54, 1.807) is 12.1 Å². The second-order valence-electron chi connectivity index (χ2n) is 6.85. The number of benzene rings is 3. The van der Waals surface area contributed by atoms with Crippen molar-refractivity contribution in [3.05, 3.63) is 112 Å². The Labute approximate surface area is 173 Å². The van der Waals surface area contributed by atoms with Gasteiger partial charge in [0.2, 0.25) is 11.8 Å². The first-order valence-electron chi connectivity index (χ1n) is 9.38. The number of non-ortho nitro benzene ring substituents is 1. The van der Waals surface area contributed by atoms with E-state index >= 15 is 0 Å². The molecule has 0 aromatic heterocycles. The third-order valence-corrected chi connectivity index (χ3v) is 4.77. The summed E-state index contributed by atoms with van der Waals surface area (Å²) in [6.07, 6.45) is 0.134. The van der Waals surface area contributed by atoms with Crippen molar-refractivity contribution in [2.24, 2.45) is 5.73 Å². The monoisotopic (exact) mass is 403 g/mol. The van der Waals surface area contributed by atoms with E-state index in [1.807, 2.05) is 60.7 Å². The first kappa shape index (κ1) is 20.7. The molecule has 0 bridgehead atoms. The first-order chi connectivity index (χ1) is 14.5. The Kier molecular flexibility index (Phi) is 6.54. The number of primary amides is 1. The molecule has 152 valence electrons. The normalized spacial score (nSPS) is 11.6. The summed E-state index contributed by atoms with van der Waals surface area (Å²) in [7, 11) is 0. The van der Waals surface area contributed by atoms with Crippen molar-refractivity contribution in [3.8, 4) is 0 Å². The van der Waals surface area contributed by atoms with Crippen LogP contribution in [0, 0.1) is 10.1 Å². The maximum Gasteiger partial charge on any atom is 0.269 e. The van der Waals surface area contributed by atoms with E-state index in [2.05, 4.69) is 5.32 Å². The molecule has 7 heteroatoms. The van der Waals surface area contributed by atoms with Crippen LogP contribution in [0.2, 0.25) is 0 Å². The Morgan fingerprint density at radius 1 is 0.867 bits per heavy atom. The van der Waals surface area contributed by atoms with Gasteiger partial charge in [0, 0.05) is 18.6 Å². The van der Waals surface area contributed by atoms with E-state index in [0.717, 1.165) is 11.1 Å². The van der Waals surface area contributed by atoms with Crippen LogP contribution >= 0.6 is 0 Å². The van der Waals surface area contributed by atoms with Crippen LogP contribution in [-0.4, -0.2) is 22.8 Å². The third-order valence-electron chi connectivity index (χ3n) is 4.77. The molecule has 3 rings (SSSR count). The van der Waals surface area contributed by atoms with Gasteiger partial charge in [-0.05, 0) is 16.7 Å². The number of carbonyl (C=O) groups is 2. The van der Waals surface area contributed by atoms with Crippen molar-refractivity contribution >= 4 is 17.5 Å². The molecule has 1 atom stereocenters. The standard InChI is InChI=1S/C23H21N3O4/c24-22(27)20(15-16-11-13-19(14-12-16)26(29)30)25-23(28)21(17-7-3-1-4-8-17)18-9-5-2-6-10-18/h1-14,20-21H,15H2,(H2,24,27)(H,25,28)/t20-/m1/s1. The lowest BCUT2D eigenvalue weighted by Crippen LogP contribution is -2.47. The number of hydrogen-bond donors (Lipinski definition) is 2. The maximum absolute atomic E-state index is 13.2. The predicted molar refractivity (Wildman–Crippen MR) is 113 cm³/mol. The highest BCUT2D eigenvalue weighted by Gasteiger charge is 2.27. The van der Waals surface area contributed by atoms with Gasteiger partial charge in [0.25, 0.3) is 5.69 Å². The van der Waals surface area contributed by atoms with Crippen LogP contribution in [0.1, 0.15) is 22.6 Å². The van der Waals surface area contributed by atoms with Crippen LogP contribution < -0.4 is 11.1 Å². The molecule has 2 amide bonds. The highest BCUT2D eigenvalue weighted by Crippen LogP contribution is 2.25. The fourth-order valence-corrected chi connectivity index (χ4v) is 3.25. The van der Waals surface area contributed by atoms with Gasteiger partial charge < -0.3 is 11.1 Å². The highest BCUT2D eigenvalue weighted by molar-refractivity contribution is 5.92. The number of nitrogens with zero attached hydrogens (tertiary/aromatic N) is 1. The van der Waals surface area contributed by atoms with Gasteiger partial charge in [-0.3, -0.25) is 19.7 Å². The molecule has 3 N–H and O–H groups in total. The third kappa shape index (κ3) is 5.08. The average molecular weight is 403 g/mol. The fourth-order valence-electron chi connectivity index (χ4n) is 3.25. The molecule has 0 heterocycles. The molecule has 0 saturated heterocycles. The Morgan fingerprint density at radius 3 is 1.80 bits per heavy atom. The summed E-state index contributed by atoms with van der Waals surface area (Å²) in [5.41, 5.74) is 7.71. The molecule has 0 spiro atoms. The zero-order chi connectivity index (χ0) is 21.5. The lowest BCUT2D eigenvalue weighted by Gasteiger charge is -2.22. The second-order valence-corrected chi connectivity index (χ2v) is 6.85. The number of hydrogen-bond acceptors (Lipinski definition) is 4. The van der Waals surface area contributed by atoms with Crippen molar-refractivity contribution in [3.63, 3.8) is 0 Å². The molecule has 3 aromatic carbocycles. The Balaban J connectivity index is 1.83. The quantitative estimate of drug-likeness (QED) is 0.444. The van der Waals surface area contributed by atoms with Gasteiger partial charge in [-0.1, -0.05) is 72.8 Å². The first-order valence-corrected chi connectivity index (χ1v) is 9.38. The van der Waals surface area contributed by atoms with Crippen LogP contribution in [0.4, 0.5) is 5.69 Å². The summed E-state index contributed by atoms with van der Waals surface area (Å²) in [6.45, 7) is 0. The number of nitrogens with one attached hydrogen (secondary N) is 1. The summed E-state index contributed by atoms with van der Waals surface area (Å²) in [5.74, 6) is -1.63. The van der Waals surface area contributed by atoms with Gasteiger partial charge in [-0.25, -0.2) is 0 Å². The predicted octanol–water partition coefficient (Wildman–Crippen LogP) is 2.94. The molecular weight excluding hydrogens is 382 g/mol. The zero-order valence-corrected chi connectivity index (χ0v) is 16.1. The number of carbonyl (C=O) groups excluding carboxylic acids is 2. The molecule has 0 unspecified atom stereocenters. The zero-order valence-electron chi connectivity index (χ0n) is 16.1. The Hall–Kier alpha value is -4.00. The van der Waals surface area contributed by atoms with Crippen molar-refractivity contribution in [1.29, 1.82) is 0 Å². The lowest BCUT2D eigenvalue weighted by atomic mass is 9.90. The van der Waals surface area contributed by atoms with Crippen LogP contribution in [0.5, 0.6) is 0 Å². The van der Waals surface area contributed by atoms with Crippen LogP contribution in [-0.2, 0) is 16.0 Å². The molecule has 0 saturated carbocycles. The topological polar surface area (TPSA) is 115 Å². The van der Waals surface area contributed by atoms with Crippen molar-refractivity contribution < 1.29 is 14.5 Å². The fraction of sp³-hybridized carbons (Fsp3) is 0.130. The number of nitro groups is 1. The molecular formula is C23H21N3O4. The van der Waals surface area contributed by atoms with Gasteiger partial charge in [0.05, 0.1) is 10.8 Å². The Bertz CT molecular complexity index is 982. The van der Waals surface area contributed by atoms with Gasteiger partial charge >= 0.3 is 0 Å². The molecule has 0 aliphatic rings. The number of rotatable bonds is 8. The number of nitro benzene ring substituents is 1. The van der Waals surface area contributed by atoms with Crippen molar-refractivity contribution in [1.82, 2.24) is 5.32 Å². The number of amides is 2. The minimum Gasteiger partial charge on any atom is -0.368 e. The smallest absolute Gasteiger partial charge is 0.269 e. The van der Waals surface area contributed by atoms with Gasteiger partial charge in [0.1, 0.15) is 6.04 Å². The van der Waals surface area contributed by atoms with Crippen LogP contribution in [0.3, 0.4) is 0 Å². The van der Waals surface area contributed by atoms with E-state index in [4.69, 9.17) is 5.73 Å². The van der Waals surface area contributed by atoms with Crippen LogP contribution in [0.15, 0.2) is 84.9 Å². The summed E-state index contributed by atoms with van der Waals surface area (Å²) < 4.78 is 0. The van der Waals surface area contributed by atoms with E-state index in [0.29, 0.717) is 5.56 Å². The van der Waals surface area contributed by atoms with Gasteiger partial charge in [-0.15, -0.1) is 0 Å². The lowest BCUT2D eigenvalue weighted by molar-refractivity contribution is -0.384. The summed E-state index contributed by atoms with van der Waals surface area (Å²) >= 11 is 0. The highest BCUT2D eigenvalue weighted by atomic mass is 16.6. The molecule has 30 heavy (non-hydrogen) atoms. The molecule has 7 nitrogen and oxygen atoms in total. The minimum absolute atomic E-state index is 0.0494. The summed E-state index contributed by atoms with van der Waals surface area (Å²) in [5, 5.41) is 13.6. The van der Waals surface area contributed by atoms with Gasteiger partial charge in [-0.2, -0.15) is 0 Å². The molecule has 0 aliphatic heterocycles. The number of nitrogens with two attached hydrogens (primary N) is 1. The van der Waals surface area contributed by atoms with Crippen molar-refractivity contribution in [2.45, 2.75) is 18.4 Å². The maximum atomic E-state index is 13.2. The summed E-state index contributed by atoms with van der Waals surface area (Å²) in [4.78, 5) is 35.5. The Morgan fingerprint density at radius 2 is 1.37 bits per heavy atom. The molecule has 3 aromatic rings. The van der Waals surface area contributed by atoms with E-state index in [-0.39, 0.29) is 18.0 Å². The molecule has 0 aliphatic carbocycles. The van der Waals surface area contributed by atoms with E-state index in [9.17, 15) is 19.7 Å². The largest absolute Gasteiger partial charge is 0.368 e. The van der Waals surface area contributed by atoms with Crippen molar-refractivity contribution in [2.75, 3.05) is 0 Å². The average Bonchev–Trinajstić information content (AvgIpc) is 2.75. The second kappa shape index (κ2) is 9.47. The summed E-state index contributed by atoms with van der Waals surface area (Å²) in [6, 6.07) is 23.4. The van der Waals surface area contributed by atoms with E-state index < -0.39 is 22.8 Å². The minimum atomic E-state index is -0.950. The van der Waals surface area contributed by atoms with Gasteiger partial charge in [0.15, 0.2) is 0 Å². The SMILES string of the molecule is NC(=O)[C@@H](Cc1ccc([N+](=O)[O-])cc1)NC(=O)C(c1ccccc1)c1ccccc1. The molecule has 0 radical (unpaired) electrons. The van der Waals surface area contributed by atoms with E-state index in [1.165, 1.54) is 12.1 Å². The van der Waals surface area contributed by atoms with Crippen LogP contribution in [0.25, 0.3) is 0 Å². The molecule has 0 fully saturated rings.